The summed E-state index contributed by atoms with van der Waals surface area (Å²) in [5.41, 5.74) is 12.5. The highest BCUT2D eigenvalue weighted by atomic mass is 16.5. The molecule has 19 nitrogen and oxygen atoms in total. The van der Waals surface area contributed by atoms with E-state index in [9.17, 15) is 4.79 Å². The van der Waals surface area contributed by atoms with Crippen molar-refractivity contribution in [3.05, 3.63) is 236 Å². The molecule has 0 bridgehead atoms. The van der Waals surface area contributed by atoms with Gasteiger partial charge in [-0.25, -0.2) is 14.0 Å². The number of carbonyl (C=O) groups is 1. The van der Waals surface area contributed by atoms with E-state index in [1.807, 2.05) is 130 Å². The van der Waals surface area contributed by atoms with Crippen molar-refractivity contribution in [3.63, 3.8) is 0 Å². The van der Waals surface area contributed by atoms with Crippen LogP contribution in [0.5, 0.6) is 17.2 Å². The highest BCUT2D eigenvalue weighted by Gasteiger charge is 2.32. The van der Waals surface area contributed by atoms with Gasteiger partial charge in [-0.1, -0.05) is 93.1 Å². The van der Waals surface area contributed by atoms with Gasteiger partial charge >= 0.3 is 0 Å². The molecule has 0 spiro atoms. The van der Waals surface area contributed by atoms with E-state index in [1.165, 1.54) is 0 Å². The summed E-state index contributed by atoms with van der Waals surface area (Å²) in [6.45, 7) is 17.3. The predicted molar refractivity (Wildman–Crippen MR) is 405 cm³/mol. The van der Waals surface area contributed by atoms with Gasteiger partial charge in [0.1, 0.15) is 40.4 Å². The lowest BCUT2D eigenvalue weighted by molar-refractivity contribution is -0.122. The average molecular weight is 1350 g/mol. The molecule has 3 saturated heterocycles. The number of hydrogen-bond donors (Lipinski definition) is 0. The van der Waals surface area contributed by atoms with Crippen LogP contribution in [-0.2, 0) is 4.79 Å². The molecule has 0 aliphatic carbocycles. The molecule has 9 heterocycles. The minimum absolute atomic E-state index is 0.108. The molecule has 0 N–H and O–H groups in total. The Bertz CT molecular complexity index is 4640. The molecule has 3 fully saturated rings. The zero-order valence-electron chi connectivity index (χ0n) is 59.1. The van der Waals surface area contributed by atoms with Crippen molar-refractivity contribution in [1.82, 2.24) is 59.0 Å². The largest absolute Gasteiger partial charge is 0.494 e. The lowest BCUT2D eigenvalue weighted by Crippen LogP contribution is -2.37. The SMILES string of the molecule is CCC(c1ccn(-c2ccccc2)n1)N1CCCN(c2c(OC)ccc3cccnc23)CC1.CCCC(c1ccn(-c2ccccc2)n1)N1CCCN(c2c(OC)ccc3cccnc23)CC1.COc1ccc2cccnc2c1N1CCCN(C(C(C)=O)c2ccn(-c3ccccc3)n2)CC1. The number of rotatable bonds is 19. The van der Waals surface area contributed by atoms with E-state index < -0.39 is 0 Å². The average Bonchev–Trinajstić information content (AvgIpc) is 1.32. The fraction of sp³-hybridized carbons (Fsp3) is 0.329. The predicted octanol–water partition coefficient (Wildman–Crippen LogP) is 14.8. The molecular formula is C82H93N15O4. The molecule has 12 aromatic rings. The number of carbonyl (C=O) groups excluding carboxylic acids is 1. The summed E-state index contributed by atoms with van der Waals surface area (Å²) in [5.74, 6) is 2.72. The van der Waals surface area contributed by atoms with Crippen LogP contribution in [0.1, 0.15) is 94.5 Å². The first-order chi connectivity index (χ1) is 49.7. The number of methoxy groups -OCH3 is 3. The highest BCUT2D eigenvalue weighted by Crippen LogP contribution is 2.40. The minimum Gasteiger partial charge on any atom is -0.494 e. The first kappa shape index (κ1) is 69.0. The van der Waals surface area contributed by atoms with Crippen molar-refractivity contribution < 1.29 is 19.0 Å². The fourth-order valence-electron chi connectivity index (χ4n) is 14.9. The second kappa shape index (κ2) is 33.1. The van der Waals surface area contributed by atoms with Crippen LogP contribution in [-0.4, -0.2) is 165 Å². The van der Waals surface area contributed by atoms with Crippen molar-refractivity contribution in [1.29, 1.82) is 0 Å². The summed E-state index contributed by atoms with van der Waals surface area (Å²) in [6, 6.07) is 61.8. The van der Waals surface area contributed by atoms with Crippen LogP contribution < -0.4 is 28.9 Å². The van der Waals surface area contributed by atoms with Crippen molar-refractivity contribution in [2.24, 2.45) is 0 Å². The van der Waals surface area contributed by atoms with Gasteiger partial charge in [0.25, 0.3) is 0 Å². The number of fused-ring (bicyclic) bond motifs is 3. The zero-order valence-corrected chi connectivity index (χ0v) is 59.1. The van der Waals surface area contributed by atoms with Gasteiger partial charge in [0.05, 0.1) is 84.1 Å². The monoisotopic (exact) mass is 1350 g/mol. The van der Waals surface area contributed by atoms with Crippen LogP contribution in [0.25, 0.3) is 49.8 Å². The number of Topliss-reactive ketones (excluding diaryl/α,β-unsaturated/α-hetero) is 1. The standard InChI is InChI=1S/C28H33N5O.C27H29N5O2.C27H31N5O/c1-3-9-25(24-15-19-33(30-24)23-11-5-4-6-12-23)31-17-8-18-32(21-20-31)28-26(34-2)14-13-22-10-7-16-29-27(22)28;1-20(33)26(23-13-17-32(29-23)22-9-4-3-5-10-22)30-15-7-16-31(19-18-30)27-24(34-2)12-11-21-8-6-14-28-25(21)27;1-3-24(23-14-18-32(29-23)22-10-5-4-6-11-22)30-16-8-17-31(20-19-30)27-25(33-2)13-12-21-9-7-15-28-26(21)27/h4-7,10-16,19,25H,3,8-9,17-18,20-21H2,1-2H3;3-6,8-14,17,26H,7,15-16,18-19H2,1-2H3;4-7,9-15,18,24H,3,8,16-17,19-20H2,1-2H3. The van der Waals surface area contributed by atoms with Crippen LogP contribution in [0.4, 0.5) is 17.1 Å². The van der Waals surface area contributed by atoms with Crippen molar-refractivity contribution in [3.8, 4) is 34.3 Å². The highest BCUT2D eigenvalue weighted by molar-refractivity contribution is 5.96. The molecule has 15 rings (SSSR count). The number of pyridine rings is 3. The van der Waals surface area contributed by atoms with E-state index in [1.54, 1.807) is 28.3 Å². The summed E-state index contributed by atoms with van der Waals surface area (Å²) >= 11 is 0. The Kier molecular flexibility index (Phi) is 22.6. The van der Waals surface area contributed by atoms with Crippen LogP contribution in [0.3, 0.4) is 0 Å². The van der Waals surface area contributed by atoms with Crippen LogP contribution in [0.15, 0.2) is 219 Å². The molecule has 3 aliphatic heterocycles. The normalized spacial score (nSPS) is 15.9. The number of nitrogens with zero attached hydrogens (tertiary/aromatic N) is 15. The summed E-state index contributed by atoms with van der Waals surface area (Å²) in [6.07, 6.45) is 18.0. The molecule has 3 unspecified atom stereocenters. The number of anilines is 3. The maximum Gasteiger partial charge on any atom is 0.153 e. The van der Waals surface area contributed by atoms with Crippen molar-refractivity contribution in [2.75, 3.05) is 115 Å². The topological polar surface area (TPSA) is 156 Å². The molecule has 19 heteroatoms. The zero-order chi connectivity index (χ0) is 69.4. The van der Waals surface area contributed by atoms with Gasteiger partial charge in [0.2, 0.25) is 0 Å². The molecule has 0 amide bonds. The first-order valence-corrected chi connectivity index (χ1v) is 35.8. The molecule has 3 aliphatic rings. The van der Waals surface area contributed by atoms with Gasteiger partial charge in [0, 0.05) is 132 Å². The van der Waals surface area contributed by atoms with Gasteiger partial charge in [-0.05, 0) is 148 Å². The van der Waals surface area contributed by atoms with E-state index >= 15 is 0 Å². The molecule has 520 valence electrons. The second-order valence-corrected chi connectivity index (χ2v) is 26.0. The van der Waals surface area contributed by atoms with E-state index in [4.69, 9.17) is 39.5 Å². The Hall–Kier alpha value is -10.5. The number of benzene rings is 6. The van der Waals surface area contributed by atoms with Crippen LogP contribution >= 0.6 is 0 Å². The minimum atomic E-state index is -0.363. The summed E-state index contributed by atoms with van der Waals surface area (Å²) in [7, 11) is 5.19. The Labute approximate surface area is 593 Å². The van der Waals surface area contributed by atoms with Gasteiger partial charge in [-0.2, -0.15) is 15.3 Å². The van der Waals surface area contributed by atoms with Crippen molar-refractivity contribution in [2.45, 2.75) is 77.4 Å². The number of ether oxygens (including phenoxy) is 3. The molecule has 101 heavy (non-hydrogen) atoms. The summed E-state index contributed by atoms with van der Waals surface area (Å²) in [5, 5.41) is 18.1. The third-order valence-electron chi connectivity index (χ3n) is 19.8. The smallest absolute Gasteiger partial charge is 0.153 e. The molecule has 0 radical (unpaired) electrons. The van der Waals surface area contributed by atoms with E-state index in [0.717, 1.165) is 218 Å². The Balaban J connectivity index is 0.000000135. The van der Waals surface area contributed by atoms with Crippen LogP contribution in [0.2, 0.25) is 0 Å². The van der Waals surface area contributed by atoms with E-state index in [2.05, 4.69) is 152 Å². The summed E-state index contributed by atoms with van der Waals surface area (Å²) < 4.78 is 23.0. The quantitative estimate of drug-likeness (QED) is 0.0753. The molecule has 6 aromatic heterocycles. The van der Waals surface area contributed by atoms with Crippen molar-refractivity contribution >= 4 is 55.6 Å². The Morgan fingerprint density at radius 2 is 0.743 bits per heavy atom. The van der Waals surface area contributed by atoms with Gasteiger partial charge < -0.3 is 28.9 Å². The second-order valence-electron chi connectivity index (χ2n) is 26.0. The molecule has 0 saturated carbocycles. The number of para-hydroxylation sites is 3. The third-order valence-corrected chi connectivity index (χ3v) is 19.8. The Morgan fingerprint density at radius 1 is 0.386 bits per heavy atom. The number of ketones is 1. The van der Waals surface area contributed by atoms with Gasteiger partial charge in [0.15, 0.2) is 5.78 Å². The van der Waals surface area contributed by atoms with E-state index in [-0.39, 0.29) is 11.8 Å². The fourth-order valence-corrected chi connectivity index (χ4v) is 14.9. The van der Waals surface area contributed by atoms with Crippen LogP contribution in [0, 0.1) is 0 Å². The summed E-state index contributed by atoms with van der Waals surface area (Å²) in [4.78, 5) is 41.6. The first-order valence-electron chi connectivity index (χ1n) is 35.8. The molecular weight excluding hydrogens is 1260 g/mol. The molecule has 6 aromatic carbocycles. The maximum atomic E-state index is 12.8. The number of aromatic nitrogens is 9. The lowest BCUT2D eigenvalue weighted by atomic mass is 10.1. The van der Waals surface area contributed by atoms with Gasteiger partial charge in [-0.15, -0.1) is 0 Å². The lowest BCUT2D eigenvalue weighted by Gasteiger charge is -2.30. The number of hydrogen-bond acceptors (Lipinski definition) is 16. The van der Waals surface area contributed by atoms with E-state index in [0.29, 0.717) is 12.1 Å². The third kappa shape index (κ3) is 15.8. The maximum absolute atomic E-state index is 12.8. The Morgan fingerprint density at radius 3 is 1.12 bits per heavy atom. The van der Waals surface area contributed by atoms with Gasteiger partial charge in [-0.3, -0.25) is 34.4 Å². The molecule has 3 atom stereocenters.